The summed E-state index contributed by atoms with van der Waals surface area (Å²) in [6.07, 6.45) is 1.88. The van der Waals surface area contributed by atoms with Gasteiger partial charge in [0.2, 0.25) is 0 Å². The summed E-state index contributed by atoms with van der Waals surface area (Å²) >= 11 is 5.79. The SMILES string of the molecule is CC(C)(C#N)N(C(=O)c1cccc(Cl)n1)C1CC1. The van der Waals surface area contributed by atoms with E-state index in [0.29, 0.717) is 0 Å². The number of pyridine rings is 1. The second kappa shape index (κ2) is 4.58. The first-order valence-electron chi connectivity index (χ1n) is 5.83. The van der Waals surface area contributed by atoms with Gasteiger partial charge in [-0.25, -0.2) is 4.98 Å². The molecule has 0 spiro atoms. The molecule has 0 unspecified atom stereocenters. The molecule has 1 fully saturated rings. The Morgan fingerprint density at radius 1 is 1.56 bits per heavy atom. The lowest BCUT2D eigenvalue weighted by molar-refractivity contribution is 0.0609. The summed E-state index contributed by atoms with van der Waals surface area (Å²) in [5.41, 5.74) is -0.542. The summed E-state index contributed by atoms with van der Waals surface area (Å²) in [5.74, 6) is -0.230. The zero-order valence-corrected chi connectivity index (χ0v) is 11.1. The third kappa shape index (κ3) is 2.46. The van der Waals surface area contributed by atoms with E-state index in [0.717, 1.165) is 12.8 Å². The van der Waals surface area contributed by atoms with Crippen LogP contribution in [-0.4, -0.2) is 27.4 Å². The summed E-state index contributed by atoms with van der Waals surface area (Å²) < 4.78 is 0. The Morgan fingerprint density at radius 3 is 2.72 bits per heavy atom. The largest absolute Gasteiger partial charge is 0.316 e. The maximum absolute atomic E-state index is 12.4. The van der Waals surface area contributed by atoms with Crippen LogP contribution < -0.4 is 0 Å². The zero-order chi connectivity index (χ0) is 13.3. The Labute approximate surface area is 111 Å². The molecule has 1 saturated carbocycles. The molecule has 1 aliphatic rings. The lowest BCUT2D eigenvalue weighted by atomic mass is 10.0. The number of hydrogen-bond donors (Lipinski definition) is 0. The summed E-state index contributed by atoms with van der Waals surface area (Å²) in [4.78, 5) is 18.1. The van der Waals surface area contributed by atoms with Crippen LogP contribution in [0.5, 0.6) is 0 Å². The minimum Gasteiger partial charge on any atom is -0.316 e. The van der Waals surface area contributed by atoms with E-state index in [1.807, 2.05) is 0 Å². The van der Waals surface area contributed by atoms with Crippen LogP contribution in [0.3, 0.4) is 0 Å². The minimum absolute atomic E-state index is 0.146. The quantitative estimate of drug-likeness (QED) is 0.788. The number of carbonyl (C=O) groups is 1. The molecule has 94 valence electrons. The van der Waals surface area contributed by atoms with Crippen LogP contribution in [0.2, 0.25) is 5.15 Å². The monoisotopic (exact) mass is 263 g/mol. The number of amides is 1. The van der Waals surface area contributed by atoms with Crippen molar-refractivity contribution in [2.24, 2.45) is 0 Å². The predicted molar refractivity (Wildman–Crippen MR) is 68.1 cm³/mol. The van der Waals surface area contributed by atoms with Gasteiger partial charge in [0.05, 0.1) is 6.07 Å². The van der Waals surface area contributed by atoms with Crippen molar-refractivity contribution in [2.45, 2.75) is 38.3 Å². The van der Waals surface area contributed by atoms with E-state index < -0.39 is 5.54 Å². The minimum atomic E-state index is -0.831. The van der Waals surface area contributed by atoms with Gasteiger partial charge in [0.15, 0.2) is 0 Å². The lowest BCUT2D eigenvalue weighted by Crippen LogP contribution is -2.48. The van der Waals surface area contributed by atoms with Crippen molar-refractivity contribution in [3.63, 3.8) is 0 Å². The van der Waals surface area contributed by atoms with Gasteiger partial charge < -0.3 is 4.90 Å². The van der Waals surface area contributed by atoms with Gasteiger partial charge >= 0.3 is 0 Å². The van der Waals surface area contributed by atoms with E-state index >= 15 is 0 Å². The maximum Gasteiger partial charge on any atom is 0.274 e. The molecule has 0 aliphatic heterocycles. The van der Waals surface area contributed by atoms with Gasteiger partial charge in [-0.05, 0) is 38.8 Å². The first kappa shape index (κ1) is 12.8. The molecule has 0 bridgehead atoms. The summed E-state index contributed by atoms with van der Waals surface area (Å²) in [6.45, 7) is 3.49. The molecule has 0 aromatic carbocycles. The van der Waals surface area contributed by atoms with E-state index in [1.165, 1.54) is 0 Å². The van der Waals surface area contributed by atoms with Crippen LogP contribution in [-0.2, 0) is 0 Å². The molecule has 5 heteroatoms. The number of rotatable bonds is 3. The Bertz CT molecular complexity index is 517. The van der Waals surface area contributed by atoms with Crippen LogP contribution in [0.15, 0.2) is 18.2 Å². The van der Waals surface area contributed by atoms with Crippen LogP contribution in [0.1, 0.15) is 37.2 Å². The zero-order valence-electron chi connectivity index (χ0n) is 10.4. The number of hydrogen-bond acceptors (Lipinski definition) is 3. The number of carbonyl (C=O) groups excluding carboxylic acids is 1. The molecular weight excluding hydrogens is 250 g/mol. The Morgan fingerprint density at radius 2 is 2.22 bits per heavy atom. The highest BCUT2D eigenvalue weighted by molar-refractivity contribution is 6.29. The van der Waals surface area contributed by atoms with Crippen molar-refractivity contribution >= 4 is 17.5 Å². The molecule has 4 nitrogen and oxygen atoms in total. The van der Waals surface area contributed by atoms with Crippen molar-refractivity contribution in [1.29, 1.82) is 5.26 Å². The standard InChI is InChI=1S/C13H14ClN3O/c1-13(2,8-15)17(9-6-7-9)12(18)10-4-3-5-11(14)16-10/h3-5,9H,6-7H2,1-2H3. The fourth-order valence-electron chi connectivity index (χ4n) is 1.91. The fourth-order valence-corrected chi connectivity index (χ4v) is 2.08. The molecular formula is C13H14ClN3O. The second-order valence-corrected chi connectivity index (χ2v) is 5.31. The van der Waals surface area contributed by atoms with Gasteiger partial charge in [0.25, 0.3) is 5.91 Å². The van der Waals surface area contributed by atoms with Gasteiger partial charge in [0, 0.05) is 6.04 Å². The third-order valence-corrected chi connectivity index (χ3v) is 3.15. The Hall–Kier alpha value is -1.60. The maximum atomic E-state index is 12.4. The van der Waals surface area contributed by atoms with Gasteiger partial charge in [-0.15, -0.1) is 0 Å². The highest BCUT2D eigenvalue weighted by atomic mass is 35.5. The number of nitriles is 1. The van der Waals surface area contributed by atoms with Gasteiger partial charge in [-0.1, -0.05) is 17.7 Å². The van der Waals surface area contributed by atoms with E-state index in [9.17, 15) is 10.1 Å². The molecule has 0 radical (unpaired) electrons. The number of nitrogens with zero attached hydrogens (tertiary/aromatic N) is 3. The molecule has 1 amide bonds. The molecule has 18 heavy (non-hydrogen) atoms. The van der Waals surface area contributed by atoms with E-state index in [2.05, 4.69) is 11.1 Å². The summed E-state index contributed by atoms with van der Waals surface area (Å²) in [5, 5.41) is 9.48. The average molecular weight is 264 g/mol. The highest BCUT2D eigenvalue weighted by Gasteiger charge is 2.42. The predicted octanol–water partition coefficient (Wildman–Crippen LogP) is 2.64. The van der Waals surface area contributed by atoms with Gasteiger partial charge in [-0.3, -0.25) is 4.79 Å². The lowest BCUT2D eigenvalue weighted by Gasteiger charge is -2.33. The van der Waals surface area contributed by atoms with Crippen molar-refractivity contribution in [2.75, 3.05) is 0 Å². The highest BCUT2D eigenvalue weighted by Crippen LogP contribution is 2.33. The average Bonchev–Trinajstić information content (AvgIpc) is 3.13. The molecule has 1 aromatic rings. The molecule has 1 heterocycles. The van der Waals surface area contributed by atoms with Gasteiger partial charge in [-0.2, -0.15) is 5.26 Å². The topological polar surface area (TPSA) is 57.0 Å². The number of aromatic nitrogens is 1. The van der Waals surface area contributed by atoms with Crippen molar-refractivity contribution < 1.29 is 4.79 Å². The molecule has 1 aromatic heterocycles. The smallest absolute Gasteiger partial charge is 0.274 e. The van der Waals surface area contributed by atoms with E-state index in [4.69, 9.17) is 11.6 Å². The van der Waals surface area contributed by atoms with Crippen LogP contribution in [0, 0.1) is 11.3 Å². The first-order chi connectivity index (χ1) is 8.45. The normalized spacial score (nSPS) is 15.0. The molecule has 0 N–H and O–H groups in total. The third-order valence-electron chi connectivity index (χ3n) is 2.94. The molecule has 1 aliphatic carbocycles. The fraction of sp³-hybridized carbons (Fsp3) is 0.462. The Kier molecular flexibility index (Phi) is 3.27. The van der Waals surface area contributed by atoms with Gasteiger partial charge in [0.1, 0.15) is 16.4 Å². The van der Waals surface area contributed by atoms with E-state index in [-0.39, 0.29) is 22.8 Å². The first-order valence-corrected chi connectivity index (χ1v) is 6.21. The molecule has 0 atom stereocenters. The van der Waals surface area contributed by atoms with Crippen molar-refractivity contribution in [3.8, 4) is 6.07 Å². The van der Waals surface area contributed by atoms with Crippen LogP contribution >= 0.6 is 11.6 Å². The van der Waals surface area contributed by atoms with Crippen molar-refractivity contribution in [3.05, 3.63) is 29.0 Å². The second-order valence-electron chi connectivity index (χ2n) is 4.92. The molecule has 0 saturated heterocycles. The summed E-state index contributed by atoms with van der Waals surface area (Å²) in [7, 11) is 0. The Balaban J connectivity index is 2.33. The van der Waals surface area contributed by atoms with E-state index in [1.54, 1.807) is 36.9 Å². The van der Waals surface area contributed by atoms with Crippen LogP contribution in [0.4, 0.5) is 0 Å². The number of halogens is 1. The molecule has 2 rings (SSSR count). The van der Waals surface area contributed by atoms with Crippen LogP contribution in [0.25, 0.3) is 0 Å². The summed E-state index contributed by atoms with van der Waals surface area (Å²) in [6, 6.07) is 7.25. The van der Waals surface area contributed by atoms with Crippen molar-refractivity contribution in [1.82, 2.24) is 9.88 Å².